The number of anilines is 1. The van der Waals surface area contributed by atoms with Gasteiger partial charge in [0.25, 0.3) is 5.91 Å². The van der Waals surface area contributed by atoms with Crippen molar-refractivity contribution in [3.63, 3.8) is 0 Å². The van der Waals surface area contributed by atoms with Gasteiger partial charge in [-0.2, -0.15) is 5.26 Å². The van der Waals surface area contributed by atoms with Crippen molar-refractivity contribution in [3.05, 3.63) is 57.1 Å². The molecule has 7 nitrogen and oxygen atoms in total. The summed E-state index contributed by atoms with van der Waals surface area (Å²) in [7, 11) is 0. The number of nitrogens with one attached hydrogen (secondary N) is 1. The highest BCUT2D eigenvalue weighted by Gasteiger charge is 2.15. The summed E-state index contributed by atoms with van der Waals surface area (Å²) < 4.78 is 11.3. The van der Waals surface area contributed by atoms with Gasteiger partial charge in [0.1, 0.15) is 11.6 Å². The van der Waals surface area contributed by atoms with Gasteiger partial charge in [-0.05, 0) is 56.2 Å². The van der Waals surface area contributed by atoms with Crippen LogP contribution < -0.4 is 14.8 Å². The molecule has 2 N–H and O–H groups in total. The molecule has 30 heavy (non-hydrogen) atoms. The molecule has 0 spiro atoms. The summed E-state index contributed by atoms with van der Waals surface area (Å²) in [6.07, 6.45) is 1.42. The number of benzene rings is 2. The predicted octanol–water partition coefficient (Wildman–Crippen LogP) is 4.47. The number of nitrogens with zero attached hydrogens (tertiary/aromatic N) is 1. The minimum atomic E-state index is -1.12. The average molecular weight is 473 g/mol. The van der Waals surface area contributed by atoms with Crippen LogP contribution in [-0.4, -0.2) is 30.2 Å². The number of amides is 1. The van der Waals surface area contributed by atoms with Gasteiger partial charge in [-0.15, -0.1) is 0 Å². The van der Waals surface area contributed by atoms with E-state index in [1.807, 2.05) is 32.0 Å². The van der Waals surface area contributed by atoms with Crippen molar-refractivity contribution < 1.29 is 24.2 Å². The largest absolute Gasteiger partial charge is 0.490 e. The molecule has 0 saturated carbocycles. The predicted molar refractivity (Wildman–Crippen MR) is 117 cm³/mol. The zero-order chi connectivity index (χ0) is 22.3. The van der Waals surface area contributed by atoms with Crippen LogP contribution >= 0.6 is 15.9 Å². The maximum Gasteiger partial charge on any atom is 0.341 e. The van der Waals surface area contributed by atoms with Gasteiger partial charge in [0.2, 0.25) is 0 Å². The van der Waals surface area contributed by atoms with Gasteiger partial charge in [0, 0.05) is 10.2 Å². The first kappa shape index (κ1) is 23.0. The fourth-order valence-corrected chi connectivity index (χ4v) is 3.07. The third kappa shape index (κ3) is 6.09. The molecular formula is C22H21BrN2O5. The highest BCUT2D eigenvalue weighted by molar-refractivity contribution is 9.10. The average Bonchev–Trinajstić information content (AvgIpc) is 2.68. The van der Waals surface area contributed by atoms with Crippen LogP contribution in [0.15, 0.2) is 40.4 Å². The highest BCUT2D eigenvalue weighted by atomic mass is 79.9. The van der Waals surface area contributed by atoms with Gasteiger partial charge >= 0.3 is 5.97 Å². The number of hydrogen-bond acceptors (Lipinski definition) is 5. The van der Waals surface area contributed by atoms with Crippen molar-refractivity contribution in [2.24, 2.45) is 0 Å². The van der Waals surface area contributed by atoms with Crippen LogP contribution in [-0.2, 0) is 9.59 Å². The first-order chi connectivity index (χ1) is 14.2. The van der Waals surface area contributed by atoms with Crippen LogP contribution in [0.3, 0.4) is 0 Å². The van der Waals surface area contributed by atoms with Gasteiger partial charge in [-0.3, -0.25) is 4.79 Å². The van der Waals surface area contributed by atoms with Crippen molar-refractivity contribution in [3.8, 4) is 17.6 Å². The summed E-state index contributed by atoms with van der Waals surface area (Å²) >= 11 is 3.36. The van der Waals surface area contributed by atoms with Gasteiger partial charge in [0.05, 0.1) is 6.61 Å². The molecule has 1 amide bonds. The summed E-state index contributed by atoms with van der Waals surface area (Å²) in [5, 5.41) is 21.1. The molecule has 156 valence electrons. The lowest BCUT2D eigenvalue weighted by Crippen LogP contribution is -2.14. The van der Waals surface area contributed by atoms with Crippen LogP contribution in [0.2, 0.25) is 0 Å². The van der Waals surface area contributed by atoms with Crippen LogP contribution in [0, 0.1) is 25.2 Å². The molecule has 0 fully saturated rings. The number of halogens is 1. The molecule has 0 radical (unpaired) electrons. The molecule has 0 saturated heterocycles. The number of hydrogen-bond donors (Lipinski definition) is 2. The molecule has 2 aromatic rings. The van der Waals surface area contributed by atoms with Gasteiger partial charge in [-0.25, -0.2) is 4.79 Å². The van der Waals surface area contributed by atoms with Crippen molar-refractivity contribution in [1.29, 1.82) is 5.26 Å². The Morgan fingerprint density at radius 1 is 1.20 bits per heavy atom. The number of carboxylic acid groups (broad SMARTS) is 1. The van der Waals surface area contributed by atoms with Crippen molar-refractivity contribution >= 4 is 39.6 Å². The third-order valence-corrected chi connectivity index (χ3v) is 4.70. The zero-order valence-electron chi connectivity index (χ0n) is 16.8. The second-order valence-corrected chi connectivity index (χ2v) is 7.23. The third-order valence-electron chi connectivity index (χ3n) is 4.01. The number of carbonyl (C=O) groups is 2. The summed E-state index contributed by atoms with van der Waals surface area (Å²) in [6.45, 7) is 5.41. The lowest BCUT2D eigenvalue weighted by molar-refractivity contribution is -0.139. The van der Waals surface area contributed by atoms with Gasteiger partial charge < -0.3 is 19.9 Å². The molecule has 0 atom stereocenters. The molecule has 0 aromatic heterocycles. The molecule has 8 heteroatoms. The molecule has 2 aromatic carbocycles. The van der Waals surface area contributed by atoms with E-state index in [1.54, 1.807) is 19.1 Å². The molecule has 0 aliphatic heterocycles. The van der Waals surface area contributed by atoms with E-state index in [0.29, 0.717) is 28.1 Å². The quantitative estimate of drug-likeness (QED) is 0.433. The van der Waals surface area contributed by atoms with E-state index in [-0.39, 0.29) is 11.3 Å². The molecule has 0 heterocycles. The molecule has 0 bridgehead atoms. The van der Waals surface area contributed by atoms with E-state index < -0.39 is 18.5 Å². The lowest BCUT2D eigenvalue weighted by Gasteiger charge is -2.13. The first-order valence-corrected chi connectivity index (χ1v) is 9.85. The standard InChI is InChI=1S/C22H21BrN2O5/c1-4-29-19-9-15(17(23)10-20(19)30-12-21(26)27)8-16(11-24)22(28)25-18-6-5-13(2)7-14(18)3/h5-10H,4,12H2,1-3H3,(H,25,28)(H,26,27)/b16-8+. The van der Waals surface area contributed by atoms with E-state index in [9.17, 15) is 14.9 Å². The summed E-state index contributed by atoms with van der Waals surface area (Å²) in [6, 6.07) is 10.6. The highest BCUT2D eigenvalue weighted by Crippen LogP contribution is 2.35. The molecular weight excluding hydrogens is 452 g/mol. The Morgan fingerprint density at radius 3 is 2.50 bits per heavy atom. The number of carbonyl (C=O) groups excluding carboxylic acids is 1. The van der Waals surface area contributed by atoms with E-state index in [0.717, 1.165) is 11.1 Å². The van der Waals surface area contributed by atoms with E-state index >= 15 is 0 Å². The summed E-state index contributed by atoms with van der Waals surface area (Å²) in [5.41, 5.74) is 2.99. The summed E-state index contributed by atoms with van der Waals surface area (Å²) in [5.74, 6) is -1.12. The van der Waals surface area contributed by atoms with E-state index in [2.05, 4.69) is 21.2 Å². The Labute approximate surface area is 183 Å². The topological polar surface area (TPSA) is 109 Å². The van der Waals surface area contributed by atoms with Crippen LogP contribution in [0.1, 0.15) is 23.6 Å². The van der Waals surface area contributed by atoms with E-state index in [1.165, 1.54) is 12.1 Å². The Balaban J connectivity index is 2.35. The number of ether oxygens (including phenoxy) is 2. The van der Waals surface area contributed by atoms with Crippen molar-refractivity contribution in [2.75, 3.05) is 18.5 Å². The number of nitriles is 1. The zero-order valence-corrected chi connectivity index (χ0v) is 18.4. The van der Waals surface area contributed by atoms with E-state index in [4.69, 9.17) is 14.6 Å². The molecule has 0 aliphatic rings. The molecule has 0 unspecified atom stereocenters. The van der Waals surface area contributed by atoms with Gasteiger partial charge in [-0.1, -0.05) is 33.6 Å². The molecule has 2 rings (SSSR count). The number of rotatable bonds is 8. The number of carboxylic acids is 1. The molecule has 0 aliphatic carbocycles. The maximum atomic E-state index is 12.6. The summed E-state index contributed by atoms with van der Waals surface area (Å²) in [4.78, 5) is 23.4. The Hall–Kier alpha value is -3.31. The Morgan fingerprint density at radius 2 is 1.90 bits per heavy atom. The second kappa shape index (κ2) is 10.5. The first-order valence-electron chi connectivity index (χ1n) is 9.06. The Bertz CT molecular complexity index is 1040. The number of aryl methyl sites for hydroxylation is 2. The number of aliphatic carboxylic acids is 1. The van der Waals surface area contributed by atoms with Crippen molar-refractivity contribution in [1.82, 2.24) is 0 Å². The van der Waals surface area contributed by atoms with Crippen molar-refractivity contribution in [2.45, 2.75) is 20.8 Å². The SMILES string of the molecule is CCOc1cc(/C=C(\C#N)C(=O)Nc2ccc(C)cc2C)c(Br)cc1OCC(=O)O. The fraction of sp³-hybridized carbons (Fsp3) is 0.227. The van der Waals surface area contributed by atoms with Gasteiger partial charge in [0.15, 0.2) is 18.1 Å². The normalized spacial score (nSPS) is 10.8. The Kier molecular flexibility index (Phi) is 8.01. The van der Waals surface area contributed by atoms with Crippen LogP contribution in [0.5, 0.6) is 11.5 Å². The maximum absolute atomic E-state index is 12.6. The monoisotopic (exact) mass is 472 g/mol. The van der Waals surface area contributed by atoms with Crippen LogP contribution in [0.4, 0.5) is 5.69 Å². The lowest BCUT2D eigenvalue weighted by atomic mass is 10.1. The minimum absolute atomic E-state index is 0.0997. The fourth-order valence-electron chi connectivity index (χ4n) is 2.63. The smallest absolute Gasteiger partial charge is 0.341 e. The van der Waals surface area contributed by atoms with Crippen LogP contribution in [0.25, 0.3) is 6.08 Å². The minimum Gasteiger partial charge on any atom is -0.490 e. The second-order valence-electron chi connectivity index (χ2n) is 6.38.